The number of benzene rings is 4. The van der Waals surface area contributed by atoms with Crippen LogP contribution < -0.4 is 4.74 Å². The van der Waals surface area contributed by atoms with Gasteiger partial charge in [-0.1, -0.05) is 103 Å². The van der Waals surface area contributed by atoms with Crippen LogP contribution >= 0.6 is 0 Å². The van der Waals surface area contributed by atoms with Crippen molar-refractivity contribution in [2.45, 2.75) is 33.0 Å². The van der Waals surface area contributed by atoms with Crippen LogP contribution in [-0.2, 0) is 14.3 Å². The first-order chi connectivity index (χ1) is 21.3. The molecule has 0 aliphatic rings. The Morgan fingerprint density at radius 2 is 1.27 bits per heavy atom. The number of hydrogen-bond acceptors (Lipinski definition) is 6. The maximum atomic E-state index is 13.6. The highest BCUT2D eigenvalue weighted by molar-refractivity contribution is 5.91. The number of rotatable bonds is 11. The third-order valence-corrected chi connectivity index (χ3v) is 6.73. The summed E-state index contributed by atoms with van der Waals surface area (Å²) < 4.78 is 17.3. The van der Waals surface area contributed by atoms with Crippen LogP contribution in [0.25, 0.3) is 11.1 Å². The number of allylic oxidation sites excluding steroid dienone is 3. The Labute approximate surface area is 257 Å². The summed E-state index contributed by atoms with van der Waals surface area (Å²) in [7, 11) is 0. The maximum Gasteiger partial charge on any atom is 0.338 e. The minimum atomic E-state index is -1.01. The lowest BCUT2D eigenvalue weighted by molar-refractivity contribution is -0.131. The van der Waals surface area contributed by atoms with Gasteiger partial charge in [0, 0.05) is 6.92 Å². The Morgan fingerprint density at radius 3 is 1.82 bits per heavy atom. The average Bonchev–Trinajstić information content (AvgIpc) is 3.03. The minimum absolute atomic E-state index is 0.235. The number of aryl methyl sites for hydroxylation is 1. The molecular weight excluding hydrogens is 552 g/mol. The Kier molecular flexibility index (Phi) is 10.8. The van der Waals surface area contributed by atoms with Crippen molar-refractivity contribution in [2.24, 2.45) is 0 Å². The summed E-state index contributed by atoms with van der Waals surface area (Å²) in [6.07, 6.45) is 4.89. The predicted octanol–water partition coefficient (Wildman–Crippen LogP) is 8.40. The van der Waals surface area contributed by atoms with Gasteiger partial charge in [-0.3, -0.25) is 4.79 Å². The Bertz CT molecular complexity index is 1650. The molecule has 0 saturated carbocycles. The van der Waals surface area contributed by atoms with E-state index in [0.717, 1.165) is 16.7 Å². The van der Waals surface area contributed by atoms with Crippen molar-refractivity contribution in [3.8, 4) is 16.9 Å². The lowest BCUT2D eigenvalue weighted by Crippen LogP contribution is -2.31. The van der Waals surface area contributed by atoms with Gasteiger partial charge in [0.25, 0.3) is 0 Å². The van der Waals surface area contributed by atoms with Crippen molar-refractivity contribution in [3.05, 3.63) is 162 Å². The Morgan fingerprint density at radius 1 is 0.727 bits per heavy atom. The lowest BCUT2D eigenvalue weighted by Gasteiger charge is -2.28. The molecule has 0 spiro atoms. The SMILES string of the molecule is C=C/C=C(\C=C/C)C(OC(=O)c1ccc(-c2ccc(C)cc2)cc1)C(OC(=O)c1ccc(OC(C)=O)cc1)c1ccccc1. The number of carbonyl (C=O) groups excluding carboxylic acids is 3. The monoisotopic (exact) mass is 586 g/mol. The van der Waals surface area contributed by atoms with Crippen LogP contribution in [0.15, 0.2) is 140 Å². The quantitative estimate of drug-likeness (QED) is 0.0998. The molecular formula is C38H34O6. The van der Waals surface area contributed by atoms with E-state index in [4.69, 9.17) is 14.2 Å². The number of hydrogen-bond donors (Lipinski definition) is 0. The first-order valence-electron chi connectivity index (χ1n) is 14.2. The van der Waals surface area contributed by atoms with Crippen LogP contribution in [0.2, 0.25) is 0 Å². The molecule has 6 nitrogen and oxygen atoms in total. The van der Waals surface area contributed by atoms with E-state index in [9.17, 15) is 14.4 Å². The second-order valence-corrected chi connectivity index (χ2v) is 10.0. The Hall–Kier alpha value is -5.49. The molecule has 0 aliphatic carbocycles. The smallest absolute Gasteiger partial charge is 0.338 e. The van der Waals surface area contributed by atoms with E-state index < -0.39 is 30.1 Å². The zero-order valence-corrected chi connectivity index (χ0v) is 24.9. The topological polar surface area (TPSA) is 78.9 Å². The number of esters is 3. The molecule has 6 heteroatoms. The molecule has 0 aliphatic heterocycles. The van der Waals surface area contributed by atoms with Gasteiger partial charge in [0.15, 0.2) is 12.2 Å². The molecule has 0 bridgehead atoms. The Balaban J connectivity index is 1.67. The normalized spacial score (nSPS) is 12.7. The standard InChI is InChI=1S/C38H34O6/c1-5-10-30(11-6-2)35(43-37(40)32-20-18-29(19-21-32)28-16-14-26(3)15-17-28)36(31-12-8-7-9-13-31)44-38(41)33-22-24-34(25-23-33)42-27(4)39/h5-25,35-36H,1H2,2-4H3/b11-6-,30-10+. The fraction of sp³-hybridized carbons (Fsp3) is 0.132. The zero-order chi connectivity index (χ0) is 31.5. The van der Waals surface area contributed by atoms with Crippen LogP contribution in [0.3, 0.4) is 0 Å². The van der Waals surface area contributed by atoms with Crippen molar-refractivity contribution in [1.29, 1.82) is 0 Å². The van der Waals surface area contributed by atoms with Crippen molar-refractivity contribution < 1.29 is 28.6 Å². The molecule has 0 heterocycles. The van der Waals surface area contributed by atoms with Crippen LogP contribution in [0.1, 0.15) is 51.8 Å². The van der Waals surface area contributed by atoms with Gasteiger partial charge in [-0.05, 0) is 72.5 Å². The summed E-state index contributed by atoms with van der Waals surface area (Å²) in [4.78, 5) is 38.3. The molecule has 0 radical (unpaired) electrons. The van der Waals surface area contributed by atoms with Crippen LogP contribution in [0.4, 0.5) is 0 Å². The molecule has 2 unspecified atom stereocenters. The highest BCUT2D eigenvalue weighted by atomic mass is 16.6. The van der Waals surface area contributed by atoms with E-state index in [0.29, 0.717) is 22.4 Å². The summed E-state index contributed by atoms with van der Waals surface area (Å²) in [5.41, 5.74) is 4.97. The molecule has 0 amide bonds. The van der Waals surface area contributed by atoms with Gasteiger partial charge in [-0.15, -0.1) is 0 Å². The second kappa shape index (κ2) is 15.1. The highest BCUT2D eigenvalue weighted by Crippen LogP contribution is 2.32. The third kappa shape index (κ3) is 8.29. The van der Waals surface area contributed by atoms with Gasteiger partial charge in [-0.2, -0.15) is 0 Å². The van der Waals surface area contributed by atoms with E-state index in [1.807, 2.05) is 74.5 Å². The zero-order valence-electron chi connectivity index (χ0n) is 24.9. The largest absolute Gasteiger partial charge is 0.450 e. The summed E-state index contributed by atoms with van der Waals surface area (Å²) >= 11 is 0. The summed E-state index contributed by atoms with van der Waals surface area (Å²) in [6, 6.07) is 30.4. The predicted molar refractivity (Wildman–Crippen MR) is 171 cm³/mol. The highest BCUT2D eigenvalue weighted by Gasteiger charge is 2.33. The maximum absolute atomic E-state index is 13.6. The van der Waals surface area contributed by atoms with E-state index >= 15 is 0 Å². The minimum Gasteiger partial charge on any atom is -0.450 e. The summed E-state index contributed by atoms with van der Waals surface area (Å²) in [5.74, 6) is -1.38. The van der Waals surface area contributed by atoms with Crippen molar-refractivity contribution >= 4 is 17.9 Å². The van der Waals surface area contributed by atoms with Crippen LogP contribution in [0, 0.1) is 6.92 Å². The van der Waals surface area contributed by atoms with Gasteiger partial charge in [0.2, 0.25) is 0 Å². The summed E-state index contributed by atoms with van der Waals surface area (Å²) in [6.45, 7) is 8.99. The van der Waals surface area contributed by atoms with Crippen molar-refractivity contribution in [3.63, 3.8) is 0 Å². The van der Waals surface area contributed by atoms with Crippen molar-refractivity contribution in [2.75, 3.05) is 0 Å². The molecule has 4 rings (SSSR count). The van der Waals surface area contributed by atoms with Gasteiger partial charge >= 0.3 is 17.9 Å². The fourth-order valence-electron chi connectivity index (χ4n) is 4.56. The molecule has 0 aromatic heterocycles. The van der Waals surface area contributed by atoms with Crippen molar-refractivity contribution in [1.82, 2.24) is 0 Å². The second-order valence-electron chi connectivity index (χ2n) is 10.0. The molecule has 0 fully saturated rings. The van der Waals surface area contributed by atoms with Crippen LogP contribution in [0.5, 0.6) is 5.75 Å². The molecule has 2 atom stereocenters. The molecule has 0 saturated heterocycles. The third-order valence-electron chi connectivity index (χ3n) is 6.73. The fourth-order valence-corrected chi connectivity index (χ4v) is 4.56. The average molecular weight is 587 g/mol. The van der Waals surface area contributed by atoms with E-state index in [1.54, 1.807) is 42.5 Å². The molecule has 44 heavy (non-hydrogen) atoms. The number of ether oxygens (including phenoxy) is 3. The van der Waals surface area contributed by atoms with Gasteiger partial charge in [0.05, 0.1) is 11.1 Å². The van der Waals surface area contributed by atoms with Crippen LogP contribution in [-0.4, -0.2) is 24.0 Å². The lowest BCUT2D eigenvalue weighted by atomic mass is 9.96. The van der Waals surface area contributed by atoms with Gasteiger partial charge in [-0.25, -0.2) is 9.59 Å². The molecule has 0 N–H and O–H groups in total. The van der Waals surface area contributed by atoms with E-state index in [2.05, 4.69) is 6.58 Å². The number of carbonyl (C=O) groups is 3. The first-order valence-corrected chi connectivity index (χ1v) is 14.2. The molecule has 4 aromatic rings. The summed E-state index contributed by atoms with van der Waals surface area (Å²) in [5, 5.41) is 0. The molecule has 4 aromatic carbocycles. The van der Waals surface area contributed by atoms with Gasteiger partial charge < -0.3 is 14.2 Å². The first kappa shape index (κ1) is 31.4. The molecule has 222 valence electrons. The van der Waals surface area contributed by atoms with Gasteiger partial charge in [0.1, 0.15) is 5.75 Å². The van der Waals surface area contributed by atoms with E-state index in [1.165, 1.54) is 31.2 Å². The van der Waals surface area contributed by atoms with E-state index in [-0.39, 0.29) is 5.56 Å².